The molecule has 0 radical (unpaired) electrons. The van der Waals surface area contributed by atoms with Gasteiger partial charge in [-0.05, 0) is 43.0 Å². The van der Waals surface area contributed by atoms with Crippen LogP contribution in [0.2, 0.25) is 10.0 Å². The van der Waals surface area contributed by atoms with Gasteiger partial charge in [0.25, 0.3) is 0 Å². The molecule has 0 unspecified atom stereocenters. The van der Waals surface area contributed by atoms with Crippen LogP contribution in [0.25, 0.3) is 0 Å². The van der Waals surface area contributed by atoms with E-state index in [1.54, 1.807) is 19.1 Å². The fraction of sp³-hybridized carbons (Fsp3) is 0.217. The van der Waals surface area contributed by atoms with E-state index in [0.717, 1.165) is 16.3 Å². The summed E-state index contributed by atoms with van der Waals surface area (Å²) in [6.07, 6.45) is 1.93. The first kappa shape index (κ1) is 21.8. The molecular formula is C23H20Cl2N2O3S. The van der Waals surface area contributed by atoms with Crippen molar-refractivity contribution in [1.82, 2.24) is 4.90 Å². The maximum Gasteiger partial charge on any atom is 0.338 e. The maximum absolute atomic E-state index is 12.9. The second-order valence-electron chi connectivity index (χ2n) is 6.90. The predicted octanol–water partition coefficient (Wildman–Crippen LogP) is 6.34. The van der Waals surface area contributed by atoms with Crippen molar-refractivity contribution in [1.29, 1.82) is 0 Å². The summed E-state index contributed by atoms with van der Waals surface area (Å²) in [5, 5.41) is 3.74. The third-order valence-electron chi connectivity index (χ3n) is 4.91. The van der Waals surface area contributed by atoms with Crippen LogP contribution < -0.4 is 4.74 Å². The summed E-state index contributed by atoms with van der Waals surface area (Å²) in [5.74, 6) is 0.289. The van der Waals surface area contributed by atoms with E-state index in [0.29, 0.717) is 40.3 Å². The number of carbonyl (C=O) groups excluding carboxylic acids is 1. The van der Waals surface area contributed by atoms with Crippen LogP contribution in [-0.2, 0) is 16.1 Å². The van der Waals surface area contributed by atoms with Crippen molar-refractivity contribution < 1.29 is 14.3 Å². The van der Waals surface area contributed by atoms with Crippen LogP contribution in [0.5, 0.6) is 5.75 Å². The van der Waals surface area contributed by atoms with E-state index in [4.69, 9.17) is 32.7 Å². The number of aliphatic imine (C=N–C) groups is 1. The van der Waals surface area contributed by atoms with Crippen molar-refractivity contribution in [3.05, 3.63) is 86.5 Å². The van der Waals surface area contributed by atoms with Crippen molar-refractivity contribution >= 4 is 46.1 Å². The molecule has 2 aromatic carbocycles. The Balaban J connectivity index is 1.70. The molecule has 0 saturated heterocycles. The number of amidine groups is 1. The van der Waals surface area contributed by atoms with Gasteiger partial charge in [0.1, 0.15) is 12.4 Å². The average molecular weight is 475 g/mol. The van der Waals surface area contributed by atoms with Crippen molar-refractivity contribution in [3.63, 3.8) is 0 Å². The zero-order valence-electron chi connectivity index (χ0n) is 17.0. The molecule has 2 heterocycles. The number of fused-ring (bicyclic) bond motifs is 1. The fourth-order valence-electron chi connectivity index (χ4n) is 3.50. The Kier molecular flexibility index (Phi) is 6.60. The van der Waals surface area contributed by atoms with Crippen molar-refractivity contribution in [3.8, 4) is 5.75 Å². The highest BCUT2D eigenvalue weighted by Gasteiger charge is 2.38. The van der Waals surface area contributed by atoms with Crippen LogP contribution >= 0.6 is 35.0 Å². The molecule has 4 rings (SSSR count). The molecule has 0 aliphatic carbocycles. The van der Waals surface area contributed by atoms with Crippen molar-refractivity contribution in [2.45, 2.75) is 26.5 Å². The number of benzene rings is 2. The number of nitrogens with zero attached hydrogens (tertiary/aromatic N) is 2. The first-order valence-corrected chi connectivity index (χ1v) is 11.4. The molecule has 2 aliphatic rings. The van der Waals surface area contributed by atoms with Crippen LogP contribution in [0.3, 0.4) is 0 Å². The van der Waals surface area contributed by atoms with E-state index in [1.165, 1.54) is 11.8 Å². The molecule has 8 heteroatoms. The van der Waals surface area contributed by atoms with E-state index in [9.17, 15) is 4.79 Å². The summed E-state index contributed by atoms with van der Waals surface area (Å²) in [6, 6.07) is 12.7. The van der Waals surface area contributed by atoms with Gasteiger partial charge in [0.2, 0.25) is 0 Å². The Labute approximate surface area is 195 Å². The van der Waals surface area contributed by atoms with Gasteiger partial charge >= 0.3 is 5.97 Å². The van der Waals surface area contributed by atoms with Gasteiger partial charge in [-0.25, -0.2) is 9.79 Å². The molecule has 0 fully saturated rings. The SMILES string of the molecule is CCOC(=O)C1=C(C)N=C2SC=CN2[C@@H]1c1ccccc1OCc1ccc(Cl)c(Cl)c1. The van der Waals surface area contributed by atoms with E-state index < -0.39 is 6.04 Å². The molecule has 31 heavy (non-hydrogen) atoms. The molecule has 0 amide bonds. The van der Waals surface area contributed by atoms with Gasteiger partial charge in [-0.1, -0.05) is 59.2 Å². The highest BCUT2D eigenvalue weighted by atomic mass is 35.5. The number of para-hydroxylation sites is 1. The van der Waals surface area contributed by atoms with Crippen molar-refractivity contribution in [2.75, 3.05) is 6.61 Å². The molecule has 5 nitrogen and oxygen atoms in total. The van der Waals surface area contributed by atoms with Gasteiger partial charge in [0, 0.05) is 11.8 Å². The standard InChI is InChI=1S/C23H20Cl2N2O3S/c1-3-29-22(28)20-14(2)26-23-27(10-11-31-23)21(20)16-6-4-5-7-19(16)30-13-15-8-9-17(24)18(25)12-15/h4-12,21H,3,13H2,1-2H3/t21-/m1/s1. The number of thioether (sulfide) groups is 1. The molecular weight excluding hydrogens is 455 g/mol. The highest BCUT2D eigenvalue weighted by molar-refractivity contribution is 8.16. The Morgan fingerprint density at radius 3 is 2.77 bits per heavy atom. The second kappa shape index (κ2) is 9.39. The number of hydrogen-bond donors (Lipinski definition) is 0. The Morgan fingerprint density at radius 2 is 2.00 bits per heavy atom. The van der Waals surface area contributed by atoms with Crippen LogP contribution in [0, 0.1) is 0 Å². The second-order valence-corrected chi connectivity index (χ2v) is 8.59. The van der Waals surface area contributed by atoms with Gasteiger partial charge in [-0.2, -0.15) is 0 Å². The Hall–Kier alpha value is -2.41. The van der Waals surface area contributed by atoms with E-state index in [2.05, 4.69) is 4.99 Å². The number of ether oxygens (including phenoxy) is 2. The highest BCUT2D eigenvalue weighted by Crippen LogP contribution is 2.43. The average Bonchev–Trinajstić information content (AvgIpc) is 3.22. The zero-order valence-corrected chi connectivity index (χ0v) is 19.3. The summed E-state index contributed by atoms with van der Waals surface area (Å²) in [7, 11) is 0. The first-order valence-electron chi connectivity index (χ1n) is 9.73. The Bertz CT molecular complexity index is 1110. The van der Waals surface area contributed by atoms with E-state index in [1.807, 2.05) is 53.8 Å². The maximum atomic E-state index is 12.9. The van der Waals surface area contributed by atoms with Crippen LogP contribution in [-0.4, -0.2) is 22.6 Å². The number of rotatable bonds is 6. The minimum atomic E-state index is -0.400. The molecule has 2 aliphatic heterocycles. The fourth-order valence-corrected chi connectivity index (χ4v) is 4.62. The molecule has 1 atom stereocenters. The summed E-state index contributed by atoms with van der Waals surface area (Å²) in [6.45, 7) is 4.23. The van der Waals surface area contributed by atoms with Gasteiger partial charge in [0.05, 0.1) is 34.0 Å². The molecule has 2 aromatic rings. The predicted molar refractivity (Wildman–Crippen MR) is 125 cm³/mol. The van der Waals surface area contributed by atoms with E-state index >= 15 is 0 Å². The van der Waals surface area contributed by atoms with E-state index in [-0.39, 0.29) is 5.97 Å². The third-order valence-corrected chi connectivity index (χ3v) is 6.42. The Morgan fingerprint density at radius 1 is 1.19 bits per heavy atom. The summed E-state index contributed by atoms with van der Waals surface area (Å²) in [5.41, 5.74) is 2.89. The summed E-state index contributed by atoms with van der Waals surface area (Å²) >= 11 is 13.7. The normalized spacial score (nSPS) is 17.5. The first-order chi connectivity index (χ1) is 15.0. The van der Waals surface area contributed by atoms with Gasteiger partial charge < -0.3 is 14.4 Å². The van der Waals surface area contributed by atoms with Crippen LogP contribution in [0.4, 0.5) is 0 Å². The zero-order chi connectivity index (χ0) is 22.0. The largest absolute Gasteiger partial charge is 0.489 e. The van der Waals surface area contributed by atoms with Gasteiger partial charge in [-0.3, -0.25) is 0 Å². The molecule has 0 N–H and O–H groups in total. The number of esters is 1. The lowest BCUT2D eigenvalue weighted by Crippen LogP contribution is -2.34. The molecule has 160 valence electrons. The minimum absolute atomic E-state index is 0.291. The smallest absolute Gasteiger partial charge is 0.338 e. The number of allylic oxidation sites excluding steroid dienone is 1. The number of carbonyl (C=O) groups is 1. The lowest BCUT2D eigenvalue weighted by atomic mass is 9.94. The molecule has 0 aromatic heterocycles. The van der Waals surface area contributed by atoms with Gasteiger partial charge in [-0.15, -0.1) is 0 Å². The molecule has 0 saturated carbocycles. The summed E-state index contributed by atoms with van der Waals surface area (Å²) in [4.78, 5) is 19.4. The number of hydrogen-bond acceptors (Lipinski definition) is 6. The van der Waals surface area contributed by atoms with Gasteiger partial charge in [0.15, 0.2) is 5.17 Å². The minimum Gasteiger partial charge on any atom is -0.489 e. The van der Waals surface area contributed by atoms with Crippen LogP contribution in [0.15, 0.2) is 70.3 Å². The quantitative estimate of drug-likeness (QED) is 0.457. The molecule has 0 bridgehead atoms. The monoisotopic (exact) mass is 474 g/mol. The van der Waals surface area contributed by atoms with Crippen molar-refractivity contribution in [2.24, 2.45) is 4.99 Å². The topological polar surface area (TPSA) is 51.1 Å². The lowest BCUT2D eigenvalue weighted by Gasteiger charge is -2.34. The lowest BCUT2D eigenvalue weighted by molar-refractivity contribution is -0.139. The van der Waals surface area contributed by atoms with Crippen LogP contribution in [0.1, 0.15) is 31.0 Å². The third kappa shape index (κ3) is 4.47. The number of halogens is 2. The molecule has 0 spiro atoms. The summed E-state index contributed by atoms with van der Waals surface area (Å²) < 4.78 is 11.5.